The molecule has 2 aliphatic rings. The number of rotatable bonds is 3. The number of benzene rings is 1. The van der Waals surface area contributed by atoms with Gasteiger partial charge in [0.25, 0.3) is 0 Å². The Hall–Kier alpha value is -1.75. The fourth-order valence-corrected chi connectivity index (χ4v) is 3.10. The standard InChI is InChI=1S/C14H14ClNO4/c15-10-5-8-3-4-20-13(8)9(6-10)7-16-11(14(18)19)1-2-12(16)17/h5-6,11H,1-4,7H2,(H,18,19). The van der Waals surface area contributed by atoms with Crippen molar-refractivity contribution in [2.45, 2.75) is 31.8 Å². The number of hydrogen-bond acceptors (Lipinski definition) is 3. The number of carboxylic acid groups (broad SMARTS) is 1. The first-order valence-electron chi connectivity index (χ1n) is 6.52. The van der Waals surface area contributed by atoms with Crippen molar-refractivity contribution < 1.29 is 19.4 Å². The molecule has 1 atom stereocenters. The number of ether oxygens (including phenoxy) is 1. The number of fused-ring (bicyclic) bond motifs is 1. The topological polar surface area (TPSA) is 66.8 Å². The molecule has 6 heteroatoms. The van der Waals surface area contributed by atoms with Crippen molar-refractivity contribution in [3.8, 4) is 5.75 Å². The lowest BCUT2D eigenvalue weighted by atomic mass is 10.1. The van der Waals surface area contributed by atoms with Crippen LogP contribution in [0, 0.1) is 0 Å². The highest BCUT2D eigenvalue weighted by Gasteiger charge is 2.36. The summed E-state index contributed by atoms with van der Waals surface area (Å²) in [5, 5.41) is 9.76. The number of aliphatic carboxylic acids is 1. The van der Waals surface area contributed by atoms with Gasteiger partial charge in [0, 0.05) is 23.4 Å². The molecule has 3 rings (SSSR count). The number of carbonyl (C=O) groups is 2. The summed E-state index contributed by atoms with van der Waals surface area (Å²) in [7, 11) is 0. The van der Waals surface area contributed by atoms with Crippen LogP contribution in [0.5, 0.6) is 5.75 Å². The number of likely N-dealkylation sites (tertiary alicyclic amines) is 1. The van der Waals surface area contributed by atoms with E-state index in [1.807, 2.05) is 6.07 Å². The first kappa shape index (κ1) is 13.2. The summed E-state index contributed by atoms with van der Waals surface area (Å²) < 4.78 is 5.58. The van der Waals surface area contributed by atoms with Crippen molar-refractivity contribution >= 4 is 23.5 Å². The van der Waals surface area contributed by atoms with E-state index in [0.29, 0.717) is 18.1 Å². The fraction of sp³-hybridized carbons (Fsp3) is 0.429. The molecule has 0 saturated carbocycles. The van der Waals surface area contributed by atoms with Crippen LogP contribution in [-0.4, -0.2) is 34.5 Å². The lowest BCUT2D eigenvalue weighted by molar-refractivity contribution is -0.146. The zero-order valence-corrected chi connectivity index (χ0v) is 11.5. The minimum atomic E-state index is -0.963. The number of halogens is 1. The van der Waals surface area contributed by atoms with E-state index in [4.69, 9.17) is 16.3 Å². The molecule has 106 valence electrons. The third-order valence-corrected chi connectivity index (χ3v) is 4.00. The lowest BCUT2D eigenvalue weighted by Gasteiger charge is -2.22. The summed E-state index contributed by atoms with van der Waals surface area (Å²) in [6.45, 7) is 0.831. The second-order valence-corrected chi connectivity index (χ2v) is 5.50. The highest BCUT2D eigenvalue weighted by atomic mass is 35.5. The molecule has 0 aliphatic carbocycles. The summed E-state index contributed by atoms with van der Waals surface area (Å²) in [4.78, 5) is 24.5. The second kappa shape index (κ2) is 4.98. The molecule has 1 aromatic carbocycles. The number of carbonyl (C=O) groups excluding carboxylic acids is 1. The quantitative estimate of drug-likeness (QED) is 0.924. The first-order valence-corrected chi connectivity index (χ1v) is 6.90. The normalized spacial score (nSPS) is 20.9. The summed E-state index contributed by atoms with van der Waals surface area (Å²) in [5.74, 6) is -0.349. The van der Waals surface area contributed by atoms with E-state index in [1.165, 1.54) is 4.90 Å². The van der Waals surface area contributed by atoms with Gasteiger partial charge in [-0.1, -0.05) is 11.6 Å². The number of amides is 1. The summed E-state index contributed by atoms with van der Waals surface area (Å²) >= 11 is 6.07. The number of nitrogens with zero attached hydrogens (tertiary/aromatic N) is 1. The highest BCUT2D eigenvalue weighted by Crippen LogP contribution is 2.35. The van der Waals surface area contributed by atoms with Crippen molar-refractivity contribution in [2.75, 3.05) is 6.61 Å². The van der Waals surface area contributed by atoms with Gasteiger partial charge in [-0.2, -0.15) is 0 Å². The van der Waals surface area contributed by atoms with Crippen molar-refractivity contribution in [3.63, 3.8) is 0 Å². The molecule has 0 radical (unpaired) electrons. The largest absolute Gasteiger partial charge is 0.493 e. The Morgan fingerprint density at radius 3 is 3.00 bits per heavy atom. The van der Waals surface area contributed by atoms with Crippen LogP contribution in [0.15, 0.2) is 12.1 Å². The third-order valence-electron chi connectivity index (χ3n) is 3.78. The minimum Gasteiger partial charge on any atom is -0.493 e. The highest BCUT2D eigenvalue weighted by molar-refractivity contribution is 6.30. The summed E-state index contributed by atoms with van der Waals surface area (Å²) in [5.41, 5.74) is 1.80. The Bertz CT molecular complexity index is 587. The molecule has 0 aromatic heterocycles. The number of hydrogen-bond donors (Lipinski definition) is 1. The van der Waals surface area contributed by atoms with Crippen molar-refractivity contribution in [1.82, 2.24) is 4.90 Å². The maximum Gasteiger partial charge on any atom is 0.326 e. The fourth-order valence-electron chi connectivity index (χ4n) is 2.84. The van der Waals surface area contributed by atoms with Crippen LogP contribution in [0.25, 0.3) is 0 Å². The van der Waals surface area contributed by atoms with E-state index in [9.17, 15) is 14.7 Å². The molecule has 1 N–H and O–H groups in total. The Balaban J connectivity index is 1.91. The van der Waals surface area contributed by atoms with Crippen LogP contribution < -0.4 is 4.74 Å². The molecule has 2 aliphatic heterocycles. The van der Waals surface area contributed by atoms with Crippen LogP contribution >= 0.6 is 11.6 Å². The molecule has 0 bridgehead atoms. The van der Waals surface area contributed by atoms with Gasteiger partial charge < -0.3 is 14.7 Å². The van der Waals surface area contributed by atoms with E-state index in [-0.39, 0.29) is 18.9 Å². The molecule has 0 spiro atoms. The maximum absolute atomic E-state index is 11.9. The van der Waals surface area contributed by atoms with E-state index in [2.05, 4.69) is 0 Å². The zero-order valence-electron chi connectivity index (χ0n) is 10.8. The molecular formula is C14H14ClNO4. The Kier molecular flexibility index (Phi) is 3.30. The van der Waals surface area contributed by atoms with Gasteiger partial charge in [-0.25, -0.2) is 4.79 Å². The first-order chi connectivity index (χ1) is 9.56. The van der Waals surface area contributed by atoms with Gasteiger partial charge in [0.1, 0.15) is 11.8 Å². The average Bonchev–Trinajstić information content (AvgIpc) is 2.97. The molecule has 20 heavy (non-hydrogen) atoms. The van der Waals surface area contributed by atoms with Crippen LogP contribution in [0.3, 0.4) is 0 Å². The Labute approximate surface area is 121 Å². The van der Waals surface area contributed by atoms with E-state index in [1.54, 1.807) is 6.07 Å². The molecule has 1 fully saturated rings. The van der Waals surface area contributed by atoms with Gasteiger partial charge in [0.2, 0.25) is 5.91 Å². The van der Waals surface area contributed by atoms with Gasteiger partial charge in [-0.3, -0.25) is 4.79 Å². The average molecular weight is 296 g/mol. The van der Waals surface area contributed by atoms with Gasteiger partial charge in [-0.05, 0) is 24.1 Å². The Morgan fingerprint density at radius 1 is 1.45 bits per heavy atom. The van der Waals surface area contributed by atoms with Crippen LogP contribution in [0.2, 0.25) is 5.02 Å². The smallest absolute Gasteiger partial charge is 0.326 e. The number of carboxylic acids is 1. The maximum atomic E-state index is 11.9. The second-order valence-electron chi connectivity index (χ2n) is 5.07. The summed E-state index contributed by atoms with van der Waals surface area (Å²) in [6, 6.07) is 2.85. The van der Waals surface area contributed by atoms with Crippen LogP contribution in [0.1, 0.15) is 24.0 Å². The Morgan fingerprint density at radius 2 is 2.25 bits per heavy atom. The third kappa shape index (κ3) is 2.22. The van der Waals surface area contributed by atoms with Gasteiger partial charge in [0.15, 0.2) is 0 Å². The van der Waals surface area contributed by atoms with Gasteiger partial charge in [-0.15, -0.1) is 0 Å². The van der Waals surface area contributed by atoms with Crippen molar-refractivity contribution in [1.29, 1.82) is 0 Å². The molecule has 1 saturated heterocycles. The van der Waals surface area contributed by atoms with E-state index in [0.717, 1.165) is 23.3 Å². The minimum absolute atomic E-state index is 0.135. The zero-order chi connectivity index (χ0) is 14.3. The molecule has 1 amide bonds. The van der Waals surface area contributed by atoms with Crippen LogP contribution in [0.4, 0.5) is 0 Å². The van der Waals surface area contributed by atoms with E-state index < -0.39 is 12.0 Å². The van der Waals surface area contributed by atoms with Crippen molar-refractivity contribution in [2.24, 2.45) is 0 Å². The summed E-state index contributed by atoms with van der Waals surface area (Å²) in [6.07, 6.45) is 1.43. The van der Waals surface area contributed by atoms with Crippen molar-refractivity contribution in [3.05, 3.63) is 28.3 Å². The van der Waals surface area contributed by atoms with Crippen LogP contribution in [-0.2, 0) is 22.6 Å². The monoisotopic (exact) mass is 295 g/mol. The molecule has 5 nitrogen and oxygen atoms in total. The van der Waals surface area contributed by atoms with E-state index >= 15 is 0 Å². The molecular weight excluding hydrogens is 282 g/mol. The predicted octanol–water partition coefficient (Wildman–Crippen LogP) is 1.85. The SMILES string of the molecule is O=C(O)C1CCC(=O)N1Cc1cc(Cl)cc2c1OCC2. The van der Waals surface area contributed by atoms with Gasteiger partial charge >= 0.3 is 5.97 Å². The lowest BCUT2D eigenvalue weighted by Crippen LogP contribution is -2.38. The molecule has 1 unspecified atom stereocenters. The molecule has 2 heterocycles. The molecule has 1 aromatic rings. The predicted molar refractivity (Wildman–Crippen MR) is 71.9 cm³/mol. The van der Waals surface area contributed by atoms with Gasteiger partial charge in [0.05, 0.1) is 13.2 Å².